The van der Waals surface area contributed by atoms with Crippen molar-refractivity contribution in [3.05, 3.63) is 59.7 Å². The van der Waals surface area contributed by atoms with Gasteiger partial charge < -0.3 is 20.5 Å². The highest BCUT2D eigenvalue weighted by Crippen LogP contribution is 2.44. The number of nitrogens with one attached hydrogen (secondary N) is 2. The number of ether oxygens (including phenoxy) is 1. The maximum absolute atomic E-state index is 12.8. The maximum atomic E-state index is 12.8. The smallest absolute Gasteiger partial charge is 0.407 e. The average molecular weight is 479 g/mol. The molecule has 2 aliphatic carbocycles. The van der Waals surface area contributed by atoms with Crippen LogP contribution in [0.3, 0.4) is 0 Å². The Balaban J connectivity index is 1.31. The molecule has 2 atom stereocenters. The Bertz CT molecular complexity index is 1020. The summed E-state index contributed by atoms with van der Waals surface area (Å²) in [5, 5.41) is 14.9. The van der Waals surface area contributed by atoms with E-state index in [-0.39, 0.29) is 31.5 Å². The summed E-state index contributed by atoms with van der Waals surface area (Å²) in [6.07, 6.45) is 3.56. The monoisotopic (exact) mass is 478 g/mol. The molecule has 3 N–H and O–H groups in total. The number of carboxylic acid groups (broad SMARTS) is 1. The second-order valence-corrected chi connectivity index (χ2v) is 9.65. The third-order valence-corrected chi connectivity index (χ3v) is 7.03. The summed E-state index contributed by atoms with van der Waals surface area (Å²) in [6.45, 7) is 2.42. The summed E-state index contributed by atoms with van der Waals surface area (Å²) < 4.78 is 5.59. The van der Waals surface area contributed by atoms with E-state index >= 15 is 0 Å². The lowest BCUT2D eigenvalue weighted by molar-refractivity contribution is -0.142. The molecule has 2 aliphatic rings. The predicted octanol–water partition coefficient (Wildman–Crippen LogP) is 4.56. The number of hydrogen-bond donors (Lipinski definition) is 3. The first-order chi connectivity index (χ1) is 17.0. The van der Waals surface area contributed by atoms with Gasteiger partial charge in [-0.2, -0.15) is 0 Å². The minimum atomic E-state index is -0.900. The lowest BCUT2D eigenvalue weighted by Crippen LogP contribution is -2.42. The zero-order valence-electron chi connectivity index (χ0n) is 20.2. The molecule has 0 spiro atoms. The van der Waals surface area contributed by atoms with Crippen LogP contribution in [0.25, 0.3) is 11.1 Å². The van der Waals surface area contributed by atoms with Crippen molar-refractivity contribution in [2.24, 2.45) is 17.8 Å². The van der Waals surface area contributed by atoms with E-state index in [0.29, 0.717) is 18.8 Å². The summed E-state index contributed by atoms with van der Waals surface area (Å²) in [5.74, 6) is -1.65. The number of fused-ring (bicyclic) bond motifs is 3. The predicted molar refractivity (Wildman–Crippen MR) is 133 cm³/mol. The van der Waals surface area contributed by atoms with Crippen molar-refractivity contribution in [1.29, 1.82) is 0 Å². The number of carboxylic acids is 1. The number of rotatable bonds is 12. The van der Waals surface area contributed by atoms with E-state index < -0.39 is 23.9 Å². The highest BCUT2D eigenvalue weighted by atomic mass is 16.5. The van der Waals surface area contributed by atoms with Gasteiger partial charge in [-0.05, 0) is 41.0 Å². The molecule has 0 saturated heterocycles. The second kappa shape index (κ2) is 11.4. The molecular weight excluding hydrogens is 444 g/mol. The van der Waals surface area contributed by atoms with Crippen LogP contribution in [0.15, 0.2) is 48.5 Å². The van der Waals surface area contributed by atoms with Crippen LogP contribution in [0.4, 0.5) is 4.79 Å². The first-order valence-corrected chi connectivity index (χ1v) is 12.6. The van der Waals surface area contributed by atoms with Crippen molar-refractivity contribution in [3.63, 3.8) is 0 Å². The van der Waals surface area contributed by atoms with Crippen LogP contribution in [-0.2, 0) is 14.3 Å². The first-order valence-electron chi connectivity index (χ1n) is 12.6. The van der Waals surface area contributed by atoms with Gasteiger partial charge in [0.05, 0.1) is 11.8 Å². The molecular formula is C28H34N2O5. The number of benzene rings is 2. The second-order valence-electron chi connectivity index (χ2n) is 9.65. The van der Waals surface area contributed by atoms with Crippen LogP contribution < -0.4 is 10.6 Å². The molecule has 7 nitrogen and oxygen atoms in total. The normalized spacial score (nSPS) is 16.0. The largest absolute Gasteiger partial charge is 0.481 e. The Kier molecular flexibility index (Phi) is 8.06. The third kappa shape index (κ3) is 6.21. The number of carbonyl (C=O) groups excluding carboxylic acids is 2. The molecule has 4 rings (SSSR count). The van der Waals surface area contributed by atoms with Crippen molar-refractivity contribution in [2.45, 2.75) is 44.9 Å². The van der Waals surface area contributed by atoms with Crippen molar-refractivity contribution in [3.8, 4) is 11.1 Å². The van der Waals surface area contributed by atoms with Crippen LogP contribution in [-0.4, -0.2) is 42.8 Å². The van der Waals surface area contributed by atoms with Crippen LogP contribution in [0.5, 0.6) is 0 Å². The quantitative estimate of drug-likeness (QED) is 0.415. The van der Waals surface area contributed by atoms with Crippen molar-refractivity contribution >= 4 is 18.0 Å². The standard InChI is InChI=1S/C28H34N2O5/c1-2-7-19(27(32)33)15-29-26(31)20(14-18-12-13-18)16-30-28(34)35-17-25-23-10-5-3-8-21(23)22-9-4-6-11-24(22)25/h3-6,8-11,18-20,25H,2,7,12-17H2,1H3,(H,29,31)(H,30,34)(H,32,33). The summed E-state index contributed by atoms with van der Waals surface area (Å²) >= 11 is 0. The van der Waals surface area contributed by atoms with E-state index in [1.165, 1.54) is 11.1 Å². The lowest BCUT2D eigenvalue weighted by atomic mass is 9.98. The van der Waals surface area contributed by atoms with Gasteiger partial charge in [-0.3, -0.25) is 9.59 Å². The van der Waals surface area contributed by atoms with E-state index in [4.69, 9.17) is 4.74 Å². The number of carbonyl (C=O) groups is 3. The molecule has 0 aliphatic heterocycles. The maximum Gasteiger partial charge on any atom is 0.407 e. The van der Waals surface area contributed by atoms with Gasteiger partial charge in [-0.1, -0.05) is 74.7 Å². The summed E-state index contributed by atoms with van der Waals surface area (Å²) in [4.78, 5) is 36.7. The number of amides is 2. The van der Waals surface area contributed by atoms with E-state index in [0.717, 1.165) is 30.4 Å². The van der Waals surface area contributed by atoms with E-state index in [1.54, 1.807) is 0 Å². The van der Waals surface area contributed by atoms with E-state index in [9.17, 15) is 19.5 Å². The van der Waals surface area contributed by atoms with E-state index in [2.05, 4.69) is 34.9 Å². The van der Waals surface area contributed by atoms with Gasteiger partial charge in [-0.25, -0.2) is 4.79 Å². The Labute approximate surface area is 206 Å². The van der Waals surface area contributed by atoms with Crippen LogP contribution in [0, 0.1) is 17.8 Å². The van der Waals surface area contributed by atoms with E-state index in [1.807, 2.05) is 31.2 Å². The fraction of sp³-hybridized carbons (Fsp3) is 0.464. The van der Waals surface area contributed by atoms with Gasteiger partial charge in [0, 0.05) is 19.0 Å². The third-order valence-electron chi connectivity index (χ3n) is 7.03. The zero-order chi connectivity index (χ0) is 24.8. The summed E-state index contributed by atoms with van der Waals surface area (Å²) in [7, 11) is 0. The molecule has 186 valence electrons. The Hall–Kier alpha value is -3.35. The fourth-order valence-corrected chi connectivity index (χ4v) is 4.92. The Morgan fingerprint density at radius 3 is 2.11 bits per heavy atom. The molecule has 35 heavy (non-hydrogen) atoms. The van der Waals surface area contributed by atoms with Crippen molar-refractivity contribution < 1.29 is 24.2 Å². The minimum absolute atomic E-state index is 0.0229. The molecule has 2 aromatic carbocycles. The zero-order valence-corrected chi connectivity index (χ0v) is 20.2. The van der Waals surface area contributed by atoms with Gasteiger partial charge >= 0.3 is 12.1 Å². The van der Waals surface area contributed by atoms with Gasteiger partial charge in [0.25, 0.3) is 0 Å². The summed E-state index contributed by atoms with van der Waals surface area (Å²) in [6, 6.07) is 16.3. The highest BCUT2D eigenvalue weighted by Gasteiger charge is 2.31. The van der Waals surface area contributed by atoms with Crippen molar-refractivity contribution in [1.82, 2.24) is 10.6 Å². The van der Waals surface area contributed by atoms with Crippen LogP contribution in [0.2, 0.25) is 0 Å². The molecule has 0 aromatic heterocycles. The molecule has 0 heterocycles. The molecule has 1 fully saturated rings. The van der Waals surface area contributed by atoms with Gasteiger partial charge in [0.1, 0.15) is 6.61 Å². The van der Waals surface area contributed by atoms with Crippen LogP contribution in [0.1, 0.15) is 56.1 Å². The van der Waals surface area contributed by atoms with Crippen molar-refractivity contribution in [2.75, 3.05) is 19.7 Å². The molecule has 0 bridgehead atoms. The Morgan fingerprint density at radius 2 is 1.54 bits per heavy atom. The first kappa shape index (κ1) is 24.8. The Morgan fingerprint density at radius 1 is 0.943 bits per heavy atom. The highest BCUT2D eigenvalue weighted by molar-refractivity contribution is 5.81. The number of hydrogen-bond acceptors (Lipinski definition) is 4. The summed E-state index contributed by atoms with van der Waals surface area (Å²) in [5.41, 5.74) is 4.63. The molecule has 2 unspecified atom stereocenters. The van der Waals surface area contributed by atoms with Gasteiger partial charge in [0.2, 0.25) is 5.91 Å². The lowest BCUT2D eigenvalue weighted by Gasteiger charge is -2.20. The SMILES string of the molecule is CCCC(CNC(=O)C(CNC(=O)OCC1c2ccccc2-c2ccccc21)CC1CC1)C(=O)O. The molecule has 7 heteroatoms. The molecule has 2 amide bonds. The van der Waals surface area contributed by atoms with Crippen LogP contribution >= 0.6 is 0 Å². The number of alkyl carbamates (subject to hydrolysis) is 1. The molecule has 1 saturated carbocycles. The molecule has 0 radical (unpaired) electrons. The number of aliphatic carboxylic acids is 1. The topological polar surface area (TPSA) is 105 Å². The van der Waals surface area contributed by atoms with Gasteiger partial charge in [0.15, 0.2) is 0 Å². The fourth-order valence-electron chi connectivity index (χ4n) is 4.92. The van der Waals surface area contributed by atoms with Gasteiger partial charge in [-0.15, -0.1) is 0 Å². The molecule has 2 aromatic rings. The average Bonchev–Trinajstić information content (AvgIpc) is 3.63. The minimum Gasteiger partial charge on any atom is -0.481 e.